The highest BCUT2D eigenvalue weighted by Gasteiger charge is 2.28. The summed E-state index contributed by atoms with van der Waals surface area (Å²) in [5.74, 6) is 0.240. The number of rotatable bonds is 3. The van der Waals surface area contributed by atoms with E-state index < -0.39 is 11.0 Å². The first-order valence-electron chi connectivity index (χ1n) is 4.88. The first-order valence-corrected chi connectivity index (χ1v) is 6.39. The van der Waals surface area contributed by atoms with Crippen LogP contribution in [0.5, 0.6) is 0 Å². The van der Waals surface area contributed by atoms with Crippen molar-refractivity contribution >= 4 is 11.0 Å². The minimum atomic E-state index is -0.882. The Hall–Kier alpha value is 0.0700. The number of nitrogens with zero attached hydrogens (tertiary/aromatic N) is 1. The van der Waals surface area contributed by atoms with Gasteiger partial charge in [-0.2, -0.15) is 0 Å². The fraction of sp³-hybridized carbons (Fsp3) is 1.00. The number of piperidine rings is 1. The Morgan fingerprint density at radius 2 is 2.31 bits per heavy atom. The molecule has 3 unspecified atom stereocenters. The summed E-state index contributed by atoms with van der Waals surface area (Å²) in [5, 5.41) is 9.06. The Labute approximate surface area is 82.7 Å². The molecule has 0 saturated carbocycles. The van der Waals surface area contributed by atoms with Gasteiger partial charge in [0.2, 0.25) is 0 Å². The molecule has 1 heterocycles. The Morgan fingerprint density at radius 1 is 1.62 bits per heavy atom. The molecule has 0 radical (unpaired) electrons. The summed E-state index contributed by atoms with van der Waals surface area (Å²) in [5.41, 5.74) is 0. The average Bonchev–Trinajstić information content (AvgIpc) is 2.16. The zero-order valence-electron chi connectivity index (χ0n) is 8.40. The van der Waals surface area contributed by atoms with E-state index in [1.165, 1.54) is 6.42 Å². The van der Waals surface area contributed by atoms with E-state index in [4.69, 9.17) is 5.11 Å². The summed E-state index contributed by atoms with van der Waals surface area (Å²) in [7, 11) is -0.882. The van der Waals surface area contributed by atoms with Crippen molar-refractivity contribution in [3.63, 3.8) is 0 Å². The van der Waals surface area contributed by atoms with Gasteiger partial charge in [-0.05, 0) is 18.8 Å². The molecule has 4 heteroatoms. The van der Waals surface area contributed by atoms with E-state index in [2.05, 4.69) is 0 Å². The Balaban J connectivity index is 2.61. The van der Waals surface area contributed by atoms with Gasteiger partial charge in [-0.1, -0.05) is 13.3 Å². The predicted octanol–water partition coefficient (Wildman–Crippen LogP) is 0.763. The lowest BCUT2D eigenvalue weighted by Gasteiger charge is -2.36. The molecule has 0 spiro atoms. The molecule has 1 fully saturated rings. The highest BCUT2D eigenvalue weighted by Crippen LogP contribution is 2.23. The quantitative estimate of drug-likeness (QED) is 0.739. The third-order valence-electron chi connectivity index (χ3n) is 2.77. The van der Waals surface area contributed by atoms with Crippen LogP contribution in [0.1, 0.15) is 26.2 Å². The maximum atomic E-state index is 11.4. The second-order valence-corrected chi connectivity index (χ2v) is 5.10. The molecule has 0 aromatic rings. The van der Waals surface area contributed by atoms with Crippen molar-refractivity contribution in [3.05, 3.63) is 0 Å². The predicted molar refractivity (Wildman–Crippen MR) is 54.7 cm³/mol. The molecule has 1 N–H and O–H groups in total. The maximum Gasteiger partial charge on any atom is 0.0913 e. The maximum absolute atomic E-state index is 11.4. The van der Waals surface area contributed by atoms with Gasteiger partial charge in [0.1, 0.15) is 0 Å². The van der Waals surface area contributed by atoms with Gasteiger partial charge < -0.3 is 5.11 Å². The Morgan fingerprint density at radius 3 is 2.85 bits per heavy atom. The lowest BCUT2D eigenvalue weighted by atomic mass is 9.94. The van der Waals surface area contributed by atoms with Crippen molar-refractivity contribution in [2.75, 3.05) is 19.4 Å². The van der Waals surface area contributed by atoms with Crippen LogP contribution in [-0.2, 0) is 11.0 Å². The van der Waals surface area contributed by atoms with Gasteiger partial charge >= 0.3 is 0 Å². The van der Waals surface area contributed by atoms with Crippen LogP contribution in [0, 0.1) is 5.92 Å². The normalized spacial score (nSPS) is 29.9. The van der Waals surface area contributed by atoms with Crippen molar-refractivity contribution in [1.29, 1.82) is 0 Å². The fourth-order valence-corrected chi connectivity index (χ4v) is 3.02. The van der Waals surface area contributed by atoms with Crippen LogP contribution in [0.15, 0.2) is 0 Å². The highest BCUT2D eigenvalue weighted by atomic mass is 32.2. The minimum Gasteiger partial charge on any atom is -0.396 e. The summed E-state index contributed by atoms with van der Waals surface area (Å²) >= 11 is 0. The number of aliphatic hydroxyl groups is 1. The monoisotopic (exact) mass is 205 g/mol. The minimum absolute atomic E-state index is 0.193. The molecule has 0 amide bonds. The zero-order valence-corrected chi connectivity index (χ0v) is 9.22. The van der Waals surface area contributed by atoms with Gasteiger partial charge in [-0.15, -0.1) is 0 Å². The topological polar surface area (TPSA) is 40.5 Å². The molecule has 0 aromatic carbocycles. The van der Waals surface area contributed by atoms with E-state index in [1.807, 2.05) is 11.2 Å². The van der Waals surface area contributed by atoms with Crippen molar-refractivity contribution in [2.24, 2.45) is 5.92 Å². The van der Waals surface area contributed by atoms with Crippen LogP contribution in [-0.4, -0.2) is 39.1 Å². The van der Waals surface area contributed by atoms with E-state index in [9.17, 15) is 4.21 Å². The SMILES string of the molecule is CC(CO)C1CCCCN1S(C)=O. The van der Waals surface area contributed by atoms with Gasteiger partial charge in [0.05, 0.1) is 11.0 Å². The summed E-state index contributed by atoms with van der Waals surface area (Å²) in [4.78, 5) is 0. The second-order valence-electron chi connectivity index (χ2n) is 3.79. The lowest BCUT2D eigenvalue weighted by Crippen LogP contribution is -2.44. The summed E-state index contributed by atoms with van der Waals surface area (Å²) in [6.45, 7) is 3.13. The van der Waals surface area contributed by atoms with Gasteiger partial charge in [0, 0.05) is 25.4 Å². The largest absolute Gasteiger partial charge is 0.396 e. The average molecular weight is 205 g/mol. The molecule has 0 bridgehead atoms. The van der Waals surface area contributed by atoms with Crippen molar-refractivity contribution in [3.8, 4) is 0 Å². The second kappa shape index (κ2) is 5.08. The molecule has 3 atom stereocenters. The standard InChI is InChI=1S/C9H19NO2S/c1-8(7-11)9-5-3-4-6-10(9)13(2)12/h8-9,11H,3-7H2,1-2H3. The summed E-state index contributed by atoms with van der Waals surface area (Å²) in [6, 6.07) is 0.310. The van der Waals surface area contributed by atoms with E-state index in [0.717, 1.165) is 19.4 Å². The molecule has 0 aliphatic carbocycles. The molecular formula is C9H19NO2S. The van der Waals surface area contributed by atoms with Crippen molar-refractivity contribution < 1.29 is 9.32 Å². The molecule has 0 aromatic heterocycles. The molecule has 1 aliphatic heterocycles. The van der Waals surface area contributed by atoms with Gasteiger partial charge in [-0.25, -0.2) is 8.51 Å². The van der Waals surface area contributed by atoms with E-state index in [0.29, 0.717) is 6.04 Å². The molecule has 13 heavy (non-hydrogen) atoms. The van der Waals surface area contributed by atoms with Crippen LogP contribution in [0.2, 0.25) is 0 Å². The molecule has 1 saturated heterocycles. The Bertz CT molecular complexity index is 186. The first kappa shape index (κ1) is 11.1. The fourth-order valence-electron chi connectivity index (χ4n) is 1.94. The number of aliphatic hydroxyl groups excluding tert-OH is 1. The lowest BCUT2D eigenvalue weighted by molar-refractivity contribution is 0.138. The first-order chi connectivity index (χ1) is 6.16. The van der Waals surface area contributed by atoms with Crippen LogP contribution in [0.4, 0.5) is 0 Å². The van der Waals surface area contributed by atoms with Crippen LogP contribution >= 0.6 is 0 Å². The molecule has 1 aliphatic rings. The smallest absolute Gasteiger partial charge is 0.0913 e. The molecule has 1 rings (SSSR count). The van der Waals surface area contributed by atoms with E-state index in [-0.39, 0.29) is 12.5 Å². The molecule has 78 valence electrons. The summed E-state index contributed by atoms with van der Waals surface area (Å²) in [6.07, 6.45) is 5.13. The zero-order chi connectivity index (χ0) is 9.84. The third-order valence-corrected chi connectivity index (χ3v) is 3.89. The van der Waals surface area contributed by atoms with E-state index in [1.54, 1.807) is 6.26 Å². The van der Waals surface area contributed by atoms with Gasteiger partial charge in [0.25, 0.3) is 0 Å². The van der Waals surface area contributed by atoms with Crippen molar-refractivity contribution in [2.45, 2.75) is 32.2 Å². The summed E-state index contributed by atoms with van der Waals surface area (Å²) < 4.78 is 13.4. The van der Waals surface area contributed by atoms with E-state index >= 15 is 0 Å². The third kappa shape index (κ3) is 2.76. The van der Waals surface area contributed by atoms with Crippen molar-refractivity contribution in [1.82, 2.24) is 4.31 Å². The number of hydrogen-bond donors (Lipinski definition) is 1. The Kier molecular flexibility index (Phi) is 4.35. The molecular weight excluding hydrogens is 186 g/mol. The van der Waals surface area contributed by atoms with Gasteiger partial charge in [0.15, 0.2) is 0 Å². The van der Waals surface area contributed by atoms with Crippen LogP contribution in [0.3, 0.4) is 0 Å². The molecule has 3 nitrogen and oxygen atoms in total. The van der Waals surface area contributed by atoms with Crippen LogP contribution < -0.4 is 0 Å². The van der Waals surface area contributed by atoms with Crippen LogP contribution in [0.25, 0.3) is 0 Å². The highest BCUT2D eigenvalue weighted by molar-refractivity contribution is 7.81. The number of hydrogen-bond acceptors (Lipinski definition) is 2. The van der Waals surface area contributed by atoms with Gasteiger partial charge in [-0.3, -0.25) is 0 Å².